The van der Waals surface area contributed by atoms with Gasteiger partial charge < -0.3 is 14.8 Å². The van der Waals surface area contributed by atoms with Crippen molar-refractivity contribution in [1.82, 2.24) is 5.32 Å². The summed E-state index contributed by atoms with van der Waals surface area (Å²) in [7, 11) is 1.70. The van der Waals surface area contributed by atoms with Crippen LogP contribution in [0.3, 0.4) is 0 Å². The van der Waals surface area contributed by atoms with Crippen LogP contribution in [-0.2, 0) is 13.0 Å². The van der Waals surface area contributed by atoms with Crippen LogP contribution in [0.25, 0.3) is 0 Å². The van der Waals surface area contributed by atoms with E-state index in [9.17, 15) is 0 Å². The first-order valence-electron chi connectivity index (χ1n) is 8.49. The molecular formula is C22H23NO2. The van der Waals surface area contributed by atoms with Crippen molar-refractivity contribution in [2.75, 3.05) is 13.7 Å². The predicted molar refractivity (Wildman–Crippen MR) is 101 cm³/mol. The van der Waals surface area contributed by atoms with Gasteiger partial charge in [0.1, 0.15) is 17.2 Å². The van der Waals surface area contributed by atoms with Crippen LogP contribution in [0.5, 0.6) is 17.2 Å². The van der Waals surface area contributed by atoms with Crippen LogP contribution in [0, 0.1) is 0 Å². The van der Waals surface area contributed by atoms with Gasteiger partial charge in [0, 0.05) is 6.54 Å². The summed E-state index contributed by atoms with van der Waals surface area (Å²) in [5.41, 5.74) is 2.52. The fourth-order valence-electron chi connectivity index (χ4n) is 2.59. The Labute approximate surface area is 149 Å². The highest BCUT2D eigenvalue weighted by Crippen LogP contribution is 2.21. The lowest BCUT2D eigenvalue weighted by Gasteiger charge is -2.08. The van der Waals surface area contributed by atoms with Gasteiger partial charge in [-0.25, -0.2) is 0 Å². The first-order chi connectivity index (χ1) is 12.3. The Morgan fingerprint density at radius 1 is 0.720 bits per heavy atom. The maximum Gasteiger partial charge on any atom is 0.127 e. The van der Waals surface area contributed by atoms with Crippen molar-refractivity contribution < 1.29 is 9.47 Å². The second-order valence-corrected chi connectivity index (χ2v) is 5.84. The van der Waals surface area contributed by atoms with Gasteiger partial charge in [0.15, 0.2) is 0 Å². The molecule has 0 aliphatic rings. The second-order valence-electron chi connectivity index (χ2n) is 5.84. The Morgan fingerprint density at radius 3 is 2.20 bits per heavy atom. The molecular weight excluding hydrogens is 310 g/mol. The average Bonchev–Trinajstić information content (AvgIpc) is 2.67. The zero-order valence-corrected chi connectivity index (χ0v) is 14.4. The highest BCUT2D eigenvalue weighted by Gasteiger charge is 1.99. The molecule has 0 heterocycles. The Balaban J connectivity index is 1.44. The van der Waals surface area contributed by atoms with Crippen LogP contribution in [0.1, 0.15) is 11.1 Å². The van der Waals surface area contributed by atoms with Gasteiger partial charge in [0.2, 0.25) is 0 Å². The third kappa shape index (κ3) is 5.37. The topological polar surface area (TPSA) is 30.5 Å². The number of hydrogen-bond donors (Lipinski definition) is 1. The largest absolute Gasteiger partial charge is 0.497 e. The van der Waals surface area contributed by atoms with Crippen LogP contribution in [-0.4, -0.2) is 13.7 Å². The summed E-state index contributed by atoms with van der Waals surface area (Å²) < 4.78 is 11.1. The van der Waals surface area contributed by atoms with E-state index < -0.39 is 0 Å². The van der Waals surface area contributed by atoms with Crippen molar-refractivity contribution in [3.05, 3.63) is 90.0 Å². The molecule has 3 nitrogen and oxygen atoms in total. The smallest absolute Gasteiger partial charge is 0.127 e. The number of para-hydroxylation sites is 1. The number of methoxy groups -OCH3 is 1. The Bertz CT molecular complexity index is 770. The van der Waals surface area contributed by atoms with Gasteiger partial charge in [0.25, 0.3) is 0 Å². The molecule has 1 N–H and O–H groups in total. The van der Waals surface area contributed by atoms with E-state index in [1.54, 1.807) is 7.11 Å². The molecule has 0 bridgehead atoms. The van der Waals surface area contributed by atoms with Crippen LogP contribution in [0.2, 0.25) is 0 Å². The van der Waals surface area contributed by atoms with Crippen molar-refractivity contribution in [1.29, 1.82) is 0 Å². The summed E-state index contributed by atoms with van der Waals surface area (Å²) in [4.78, 5) is 0. The first kappa shape index (κ1) is 17.1. The minimum atomic E-state index is 0.843. The normalized spacial score (nSPS) is 10.4. The minimum absolute atomic E-state index is 0.843. The average molecular weight is 333 g/mol. The minimum Gasteiger partial charge on any atom is -0.497 e. The van der Waals surface area contributed by atoms with E-state index in [0.29, 0.717) is 0 Å². The van der Waals surface area contributed by atoms with Gasteiger partial charge in [-0.05, 0) is 60.5 Å². The summed E-state index contributed by atoms with van der Waals surface area (Å²) in [6, 6.07) is 26.2. The number of hydrogen-bond acceptors (Lipinski definition) is 3. The van der Waals surface area contributed by atoms with E-state index in [-0.39, 0.29) is 0 Å². The lowest BCUT2D eigenvalue weighted by atomic mass is 10.1. The van der Waals surface area contributed by atoms with Crippen molar-refractivity contribution in [3.63, 3.8) is 0 Å². The molecule has 0 radical (unpaired) electrons. The Hall–Kier alpha value is -2.78. The Morgan fingerprint density at radius 2 is 1.44 bits per heavy atom. The maximum absolute atomic E-state index is 5.81. The zero-order chi connectivity index (χ0) is 17.3. The molecule has 0 spiro atoms. The fraction of sp³-hybridized carbons (Fsp3) is 0.182. The quantitative estimate of drug-likeness (QED) is 0.600. The highest BCUT2D eigenvalue weighted by atomic mass is 16.5. The molecule has 0 aromatic heterocycles. The summed E-state index contributed by atoms with van der Waals surface area (Å²) in [5.74, 6) is 2.62. The fourth-order valence-corrected chi connectivity index (χ4v) is 2.59. The predicted octanol–water partition coefficient (Wildman–Crippen LogP) is 4.82. The van der Waals surface area contributed by atoms with Crippen LogP contribution < -0.4 is 14.8 Å². The summed E-state index contributed by atoms with van der Waals surface area (Å²) in [5, 5.41) is 3.48. The molecule has 25 heavy (non-hydrogen) atoms. The first-order valence-corrected chi connectivity index (χ1v) is 8.49. The van der Waals surface area contributed by atoms with E-state index in [0.717, 1.165) is 36.8 Å². The molecule has 0 saturated heterocycles. The number of rotatable bonds is 8. The number of ether oxygens (including phenoxy) is 2. The molecule has 3 aromatic carbocycles. The van der Waals surface area contributed by atoms with E-state index in [4.69, 9.17) is 9.47 Å². The van der Waals surface area contributed by atoms with E-state index in [2.05, 4.69) is 29.6 Å². The highest BCUT2D eigenvalue weighted by molar-refractivity contribution is 5.33. The molecule has 0 atom stereocenters. The zero-order valence-electron chi connectivity index (χ0n) is 14.4. The van der Waals surface area contributed by atoms with E-state index in [1.807, 2.05) is 54.6 Å². The van der Waals surface area contributed by atoms with Gasteiger partial charge >= 0.3 is 0 Å². The van der Waals surface area contributed by atoms with Crippen molar-refractivity contribution in [2.45, 2.75) is 13.0 Å². The van der Waals surface area contributed by atoms with Crippen molar-refractivity contribution in [3.8, 4) is 17.2 Å². The molecule has 0 amide bonds. The molecule has 0 aliphatic carbocycles. The van der Waals surface area contributed by atoms with E-state index in [1.165, 1.54) is 11.1 Å². The van der Waals surface area contributed by atoms with Gasteiger partial charge in [-0.3, -0.25) is 0 Å². The molecule has 3 rings (SSSR count). The van der Waals surface area contributed by atoms with Gasteiger partial charge in [0.05, 0.1) is 7.11 Å². The van der Waals surface area contributed by atoms with Crippen molar-refractivity contribution in [2.24, 2.45) is 0 Å². The summed E-state index contributed by atoms with van der Waals surface area (Å²) in [6.07, 6.45) is 0.979. The summed E-state index contributed by atoms with van der Waals surface area (Å²) in [6.45, 7) is 1.77. The standard InChI is InChI=1S/C22H23NO2/c1-24-22-9-5-6-18(16-22)14-15-23-17-19-10-12-21(13-11-19)25-20-7-3-2-4-8-20/h2-13,16,23H,14-15,17H2,1H3. The van der Waals surface area contributed by atoms with Crippen molar-refractivity contribution >= 4 is 0 Å². The SMILES string of the molecule is COc1cccc(CCNCc2ccc(Oc3ccccc3)cc2)c1. The second kappa shape index (κ2) is 8.90. The van der Waals surface area contributed by atoms with Crippen LogP contribution in [0.4, 0.5) is 0 Å². The molecule has 3 heteroatoms. The van der Waals surface area contributed by atoms with E-state index >= 15 is 0 Å². The third-order valence-corrected chi connectivity index (χ3v) is 3.96. The number of nitrogens with one attached hydrogen (secondary N) is 1. The lowest BCUT2D eigenvalue weighted by Crippen LogP contribution is -2.16. The van der Waals surface area contributed by atoms with Gasteiger partial charge in [-0.2, -0.15) is 0 Å². The van der Waals surface area contributed by atoms with Crippen LogP contribution in [0.15, 0.2) is 78.9 Å². The Kier molecular flexibility index (Phi) is 6.07. The number of benzene rings is 3. The van der Waals surface area contributed by atoms with Crippen LogP contribution >= 0.6 is 0 Å². The molecule has 3 aromatic rings. The summed E-state index contributed by atoms with van der Waals surface area (Å²) >= 11 is 0. The molecule has 128 valence electrons. The molecule has 0 aliphatic heterocycles. The monoisotopic (exact) mass is 333 g/mol. The van der Waals surface area contributed by atoms with Gasteiger partial charge in [-0.1, -0.05) is 42.5 Å². The molecule has 0 unspecified atom stereocenters. The molecule has 0 saturated carbocycles. The lowest BCUT2D eigenvalue weighted by molar-refractivity contribution is 0.414. The third-order valence-electron chi connectivity index (χ3n) is 3.96. The maximum atomic E-state index is 5.81. The molecule has 0 fully saturated rings. The van der Waals surface area contributed by atoms with Gasteiger partial charge in [-0.15, -0.1) is 0 Å².